The summed E-state index contributed by atoms with van der Waals surface area (Å²) in [5, 5.41) is 6.34. The maximum Gasteiger partial charge on any atom is 0.240 e. The van der Waals surface area contributed by atoms with E-state index in [1.165, 1.54) is 7.05 Å². The second-order valence-electron chi connectivity index (χ2n) is 4.44. The van der Waals surface area contributed by atoms with Crippen molar-refractivity contribution in [3.8, 4) is 0 Å². The predicted molar refractivity (Wildman–Crippen MR) is 74.4 cm³/mol. The van der Waals surface area contributed by atoms with Crippen molar-refractivity contribution in [2.75, 3.05) is 13.6 Å². The number of guanidine groups is 1. The van der Waals surface area contributed by atoms with E-state index in [-0.39, 0.29) is 4.90 Å². The van der Waals surface area contributed by atoms with Crippen LogP contribution in [0.4, 0.5) is 0 Å². The summed E-state index contributed by atoms with van der Waals surface area (Å²) in [7, 11) is -1.99. The van der Waals surface area contributed by atoms with E-state index in [2.05, 4.69) is 27.3 Å². The molecule has 1 atom stereocenters. The molecule has 0 amide bonds. The molecule has 1 unspecified atom stereocenters. The van der Waals surface area contributed by atoms with Gasteiger partial charge in [-0.25, -0.2) is 13.1 Å². The van der Waals surface area contributed by atoms with Gasteiger partial charge in [0, 0.05) is 12.6 Å². The Morgan fingerprint density at radius 3 is 2.89 bits per heavy atom. The molecule has 6 nitrogen and oxygen atoms in total. The first-order chi connectivity index (χ1) is 9.01. The number of hydrogen-bond donors (Lipinski definition) is 3. The molecule has 0 aromatic heterocycles. The van der Waals surface area contributed by atoms with Gasteiger partial charge >= 0.3 is 0 Å². The quantitative estimate of drug-likeness (QED) is 0.728. The van der Waals surface area contributed by atoms with Gasteiger partial charge in [-0.05, 0) is 31.7 Å². The lowest BCUT2D eigenvalue weighted by Gasteiger charge is -2.10. The monoisotopic (exact) mass is 282 g/mol. The van der Waals surface area contributed by atoms with E-state index in [0.29, 0.717) is 12.6 Å². The smallest absolute Gasteiger partial charge is 0.240 e. The molecule has 2 rings (SSSR count). The molecule has 1 aromatic rings. The minimum Gasteiger partial charge on any atom is -0.352 e. The number of benzene rings is 1. The van der Waals surface area contributed by atoms with Crippen LogP contribution in [0, 0.1) is 0 Å². The molecule has 1 aromatic carbocycles. The fourth-order valence-electron chi connectivity index (χ4n) is 1.79. The van der Waals surface area contributed by atoms with Crippen LogP contribution >= 0.6 is 0 Å². The molecule has 104 valence electrons. The minimum atomic E-state index is -3.39. The van der Waals surface area contributed by atoms with Crippen LogP contribution < -0.4 is 15.4 Å². The van der Waals surface area contributed by atoms with Crippen molar-refractivity contribution in [2.45, 2.75) is 24.4 Å². The topological polar surface area (TPSA) is 82.6 Å². The molecule has 3 N–H and O–H groups in total. The van der Waals surface area contributed by atoms with Gasteiger partial charge in [0.05, 0.1) is 11.4 Å². The minimum absolute atomic E-state index is 0.268. The molecule has 1 heterocycles. The Bertz CT molecular complexity index is 583. The largest absolute Gasteiger partial charge is 0.352 e. The Balaban J connectivity index is 2.04. The van der Waals surface area contributed by atoms with Crippen molar-refractivity contribution in [1.82, 2.24) is 15.4 Å². The number of hydrogen-bond acceptors (Lipinski definition) is 5. The third kappa shape index (κ3) is 3.45. The lowest BCUT2D eigenvalue weighted by molar-refractivity contribution is 0.588. The van der Waals surface area contributed by atoms with Gasteiger partial charge < -0.3 is 10.6 Å². The van der Waals surface area contributed by atoms with Crippen molar-refractivity contribution in [3.63, 3.8) is 0 Å². The highest BCUT2D eigenvalue weighted by Crippen LogP contribution is 2.11. The molecule has 0 bridgehead atoms. The fraction of sp³-hybridized carbons (Fsp3) is 0.417. The summed E-state index contributed by atoms with van der Waals surface area (Å²) in [5.41, 5.74) is 0.889. The SMILES string of the molecule is CNS(=O)(=O)c1cccc(CNC2=NCC(C)N2)c1. The van der Waals surface area contributed by atoms with Crippen LogP contribution in [0.25, 0.3) is 0 Å². The Kier molecular flexibility index (Phi) is 4.06. The lowest BCUT2D eigenvalue weighted by Crippen LogP contribution is -2.37. The molecular formula is C12H18N4O2S. The summed E-state index contributed by atoms with van der Waals surface area (Å²) in [5.74, 6) is 0.759. The number of nitrogens with one attached hydrogen (secondary N) is 3. The van der Waals surface area contributed by atoms with Crippen LogP contribution in [-0.2, 0) is 16.6 Å². The average Bonchev–Trinajstić information content (AvgIpc) is 2.82. The molecule has 19 heavy (non-hydrogen) atoms. The highest BCUT2D eigenvalue weighted by Gasteiger charge is 2.13. The van der Waals surface area contributed by atoms with Crippen molar-refractivity contribution < 1.29 is 8.42 Å². The molecule has 7 heteroatoms. The van der Waals surface area contributed by atoms with E-state index in [9.17, 15) is 8.42 Å². The van der Waals surface area contributed by atoms with Gasteiger partial charge in [-0.3, -0.25) is 4.99 Å². The summed E-state index contributed by atoms with van der Waals surface area (Å²) < 4.78 is 25.7. The third-order valence-electron chi connectivity index (χ3n) is 2.84. The van der Waals surface area contributed by atoms with Crippen molar-refractivity contribution >= 4 is 16.0 Å². The summed E-state index contributed by atoms with van der Waals surface area (Å²) in [6, 6.07) is 7.17. The van der Waals surface area contributed by atoms with Crippen molar-refractivity contribution in [2.24, 2.45) is 4.99 Å². The second kappa shape index (κ2) is 5.58. The number of sulfonamides is 1. The van der Waals surface area contributed by atoms with Gasteiger partial charge in [0.2, 0.25) is 10.0 Å². The van der Waals surface area contributed by atoms with E-state index < -0.39 is 10.0 Å². The molecule has 0 aliphatic carbocycles. The zero-order valence-corrected chi connectivity index (χ0v) is 11.8. The Labute approximate surface area is 113 Å². The standard InChI is InChI=1S/C12H18N4O2S/c1-9-7-14-12(16-9)15-8-10-4-3-5-11(6-10)19(17,18)13-2/h3-6,9,13H,7-8H2,1-2H3,(H2,14,15,16). The molecule has 1 aliphatic heterocycles. The molecule has 1 aliphatic rings. The first-order valence-electron chi connectivity index (χ1n) is 6.08. The second-order valence-corrected chi connectivity index (χ2v) is 6.33. The van der Waals surface area contributed by atoms with Crippen LogP contribution in [0.3, 0.4) is 0 Å². The van der Waals surface area contributed by atoms with Crippen molar-refractivity contribution in [3.05, 3.63) is 29.8 Å². The predicted octanol–water partition coefficient (Wildman–Crippen LogP) is 0.0320. The average molecular weight is 282 g/mol. The van der Waals surface area contributed by atoms with Crippen LogP contribution in [0.1, 0.15) is 12.5 Å². The summed E-state index contributed by atoms with van der Waals surface area (Å²) in [4.78, 5) is 4.55. The van der Waals surface area contributed by atoms with Gasteiger partial charge in [0.25, 0.3) is 0 Å². The lowest BCUT2D eigenvalue weighted by atomic mass is 10.2. The van der Waals surface area contributed by atoms with E-state index in [1.54, 1.807) is 18.2 Å². The zero-order valence-electron chi connectivity index (χ0n) is 11.0. The molecule has 0 radical (unpaired) electrons. The van der Waals surface area contributed by atoms with E-state index in [4.69, 9.17) is 0 Å². The Hall–Kier alpha value is -1.60. The summed E-state index contributed by atoms with van der Waals surface area (Å²) in [6.07, 6.45) is 0. The molecule has 0 saturated carbocycles. The maximum atomic E-state index is 11.7. The Morgan fingerprint density at radius 2 is 2.26 bits per heavy atom. The fourth-order valence-corrected chi connectivity index (χ4v) is 2.59. The third-order valence-corrected chi connectivity index (χ3v) is 4.26. The maximum absolute atomic E-state index is 11.7. The van der Waals surface area contributed by atoms with Crippen LogP contribution in [-0.4, -0.2) is 34.0 Å². The van der Waals surface area contributed by atoms with Gasteiger partial charge in [-0.1, -0.05) is 12.1 Å². The first kappa shape index (κ1) is 13.8. The normalized spacial score (nSPS) is 18.8. The van der Waals surface area contributed by atoms with Gasteiger partial charge in [0.1, 0.15) is 0 Å². The van der Waals surface area contributed by atoms with Gasteiger partial charge in [-0.2, -0.15) is 0 Å². The summed E-state index contributed by atoms with van der Waals surface area (Å²) in [6.45, 7) is 3.35. The molecule has 0 spiro atoms. The first-order valence-corrected chi connectivity index (χ1v) is 7.57. The van der Waals surface area contributed by atoms with Crippen molar-refractivity contribution in [1.29, 1.82) is 0 Å². The van der Waals surface area contributed by atoms with Gasteiger partial charge in [-0.15, -0.1) is 0 Å². The highest BCUT2D eigenvalue weighted by molar-refractivity contribution is 7.89. The highest BCUT2D eigenvalue weighted by atomic mass is 32.2. The van der Waals surface area contributed by atoms with Gasteiger partial charge in [0.15, 0.2) is 5.96 Å². The molecule has 0 fully saturated rings. The summed E-state index contributed by atoms with van der Waals surface area (Å²) >= 11 is 0. The van der Waals surface area contributed by atoms with E-state index >= 15 is 0 Å². The number of aliphatic imine (C=N–C) groups is 1. The molecular weight excluding hydrogens is 264 g/mol. The van der Waals surface area contributed by atoms with Crippen LogP contribution in [0.15, 0.2) is 34.2 Å². The van der Waals surface area contributed by atoms with Crippen LogP contribution in [0.5, 0.6) is 0 Å². The van der Waals surface area contributed by atoms with Crippen LogP contribution in [0.2, 0.25) is 0 Å². The molecule has 0 saturated heterocycles. The zero-order chi connectivity index (χ0) is 13.9. The van der Waals surface area contributed by atoms with E-state index in [1.807, 2.05) is 6.07 Å². The number of nitrogens with zero attached hydrogens (tertiary/aromatic N) is 1. The van der Waals surface area contributed by atoms with E-state index in [0.717, 1.165) is 18.1 Å². The Morgan fingerprint density at radius 1 is 1.47 bits per heavy atom. The number of rotatable bonds is 4.